The highest BCUT2D eigenvalue weighted by atomic mass is 19.4. The second kappa shape index (κ2) is 3.15. The van der Waals surface area contributed by atoms with E-state index in [9.17, 15) is 13.2 Å². The number of allylic oxidation sites excluding steroid dienone is 1. The van der Waals surface area contributed by atoms with Crippen molar-refractivity contribution in [3.8, 4) is 0 Å². The van der Waals surface area contributed by atoms with Gasteiger partial charge in [0.15, 0.2) is 0 Å². The second-order valence-corrected chi connectivity index (χ2v) is 2.76. The Kier molecular flexibility index (Phi) is 2.49. The molecule has 0 spiro atoms. The molecule has 0 radical (unpaired) electrons. The molecule has 7 heteroatoms. The zero-order valence-electron chi connectivity index (χ0n) is 6.49. The third-order valence-corrected chi connectivity index (χ3v) is 1.93. The van der Waals surface area contributed by atoms with Gasteiger partial charge in [-0.1, -0.05) is 6.08 Å². The summed E-state index contributed by atoms with van der Waals surface area (Å²) in [4.78, 5) is 3.37. The molecule has 0 amide bonds. The average molecular weight is 193 g/mol. The zero-order chi connectivity index (χ0) is 10.1. The molecule has 0 aromatic heterocycles. The molecule has 1 atom stereocenters. The lowest BCUT2D eigenvalue weighted by atomic mass is 9.56. The van der Waals surface area contributed by atoms with Gasteiger partial charge in [-0.2, -0.15) is 13.2 Å². The Labute approximate surface area is 72.7 Å². The highest BCUT2D eigenvalue weighted by molar-refractivity contribution is 6.47. The highest BCUT2D eigenvalue weighted by Crippen LogP contribution is 2.48. The zero-order valence-corrected chi connectivity index (χ0v) is 6.49. The van der Waals surface area contributed by atoms with Crippen molar-refractivity contribution in [1.29, 1.82) is 0 Å². The number of nitrogens with zero attached hydrogens (tertiary/aromatic N) is 1. The predicted octanol–water partition coefficient (Wildman–Crippen LogP) is 0.403. The van der Waals surface area contributed by atoms with Gasteiger partial charge in [-0.15, -0.1) is 0 Å². The number of hydrogen-bond acceptors (Lipinski definition) is 3. The fraction of sp³-hybridized carbons (Fsp3) is 0.500. The minimum Gasteiger partial charge on any atom is -0.426 e. The lowest BCUT2D eigenvalue weighted by Crippen LogP contribution is -2.46. The summed E-state index contributed by atoms with van der Waals surface area (Å²) in [6.45, 7) is -0.690. The predicted molar refractivity (Wildman–Crippen MR) is 41.4 cm³/mol. The maximum Gasteiger partial charge on any atom is 0.473 e. The van der Waals surface area contributed by atoms with Crippen molar-refractivity contribution in [3.63, 3.8) is 0 Å². The van der Waals surface area contributed by atoms with Gasteiger partial charge in [0.05, 0.1) is 6.54 Å². The molecule has 0 saturated carbocycles. The summed E-state index contributed by atoms with van der Waals surface area (Å²) >= 11 is 0. The topological polar surface area (TPSA) is 52.8 Å². The van der Waals surface area contributed by atoms with E-state index in [4.69, 9.17) is 10.0 Å². The maximum atomic E-state index is 12.4. The van der Waals surface area contributed by atoms with Crippen LogP contribution in [0.25, 0.3) is 0 Å². The van der Waals surface area contributed by atoms with E-state index in [1.54, 1.807) is 0 Å². The quantitative estimate of drug-likeness (QED) is 0.592. The Bertz CT molecular complexity index is 251. The van der Waals surface area contributed by atoms with E-state index in [0.717, 1.165) is 6.08 Å². The normalized spacial score (nSPS) is 27.8. The number of rotatable bonds is 1. The van der Waals surface area contributed by atoms with Gasteiger partial charge in [-0.05, 0) is 6.08 Å². The van der Waals surface area contributed by atoms with Gasteiger partial charge in [0.2, 0.25) is 0 Å². The average Bonchev–Trinajstić information content (AvgIpc) is 2.03. The first-order chi connectivity index (χ1) is 5.90. The van der Waals surface area contributed by atoms with Crippen molar-refractivity contribution in [2.75, 3.05) is 6.54 Å². The van der Waals surface area contributed by atoms with Crippen LogP contribution in [0.4, 0.5) is 13.2 Å². The van der Waals surface area contributed by atoms with Crippen molar-refractivity contribution >= 4 is 13.3 Å². The summed E-state index contributed by atoms with van der Waals surface area (Å²) in [7, 11) is -2.48. The van der Waals surface area contributed by atoms with Gasteiger partial charge in [-0.3, -0.25) is 4.99 Å². The number of alkyl halides is 3. The molecule has 3 nitrogen and oxygen atoms in total. The van der Waals surface area contributed by atoms with E-state index in [0.29, 0.717) is 6.08 Å². The SMILES string of the molecule is OB(O)C1(C(F)(F)F)C=CC=NC1. The molecule has 1 aliphatic rings. The Morgan fingerprint density at radius 2 is 2.00 bits per heavy atom. The molecule has 0 aromatic rings. The van der Waals surface area contributed by atoms with Crippen LogP contribution in [0.3, 0.4) is 0 Å². The number of dihydropyridines is 1. The van der Waals surface area contributed by atoms with Crippen molar-refractivity contribution in [3.05, 3.63) is 12.2 Å². The molecule has 0 saturated heterocycles. The monoisotopic (exact) mass is 193 g/mol. The molecular weight excluding hydrogens is 186 g/mol. The Morgan fingerprint density at radius 3 is 2.23 bits per heavy atom. The molecule has 0 aliphatic carbocycles. The molecule has 13 heavy (non-hydrogen) atoms. The van der Waals surface area contributed by atoms with Gasteiger partial charge in [-0.25, -0.2) is 0 Å². The van der Waals surface area contributed by atoms with Crippen LogP contribution in [-0.2, 0) is 0 Å². The fourth-order valence-electron chi connectivity index (χ4n) is 1.03. The van der Waals surface area contributed by atoms with E-state index >= 15 is 0 Å². The maximum absolute atomic E-state index is 12.4. The fourth-order valence-corrected chi connectivity index (χ4v) is 1.03. The first kappa shape index (κ1) is 10.3. The summed E-state index contributed by atoms with van der Waals surface area (Å²) in [5.41, 5.74) is 0. The van der Waals surface area contributed by atoms with Crippen LogP contribution in [0.15, 0.2) is 17.1 Å². The van der Waals surface area contributed by atoms with Gasteiger partial charge in [0.25, 0.3) is 0 Å². The molecule has 1 unspecified atom stereocenters. The number of halogens is 3. The summed E-state index contributed by atoms with van der Waals surface area (Å²) in [5, 5.41) is 14.7. The highest BCUT2D eigenvalue weighted by Gasteiger charge is 2.60. The van der Waals surface area contributed by atoms with Crippen LogP contribution in [0.2, 0.25) is 5.31 Å². The molecule has 0 fully saturated rings. The molecule has 0 bridgehead atoms. The molecule has 2 N–H and O–H groups in total. The van der Waals surface area contributed by atoms with Gasteiger partial charge < -0.3 is 10.0 Å². The van der Waals surface area contributed by atoms with E-state index in [2.05, 4.69) is 4.99 Å². The smallest absolute Gasteiger partial charge is 0.426 e. The summed E-state index contributed by atoms with van der Waals surface area (Å²) in [6.07, 6.45) is -1.76. The molecule has 1 rings (SSSR count). The lowest BCUT2D eigenvalue weighted by molar-refractivity contribution is -0.158. The number of aliphatic imine (C=N–C) groups is 1. The molecule has 0 aromatic carbocycles. The number of hydrogen-bond donors (Lipinski definition) is 2. The van der Waals surface area contributed by atoms with Crippen LogP contribution in [0, 0.1) is 0 Å². The molecular formula is C6H7BF3NO2. The van der Waals surface area contributed by atoms with Gasteiger partial charge in [0, 0.05) is 6.21 Å². The van der Waals surface area contributed by atoms with Crippen LogP contribution in [0.1, 0.15) is 0 Å². The third kappa shape index (κ3) is 1.61. The van der Waals surface area contributed by atoms with Gasteiger partial charge in [0.1, 0.15) is 5.31 Å². The standard InChI is InChI=1S/C6H7BF3NO2/c8-6(9,10)5(7(12)13)2-1-3-11-4-5/h1-3,12-13H,4H2. The van der Waals surface area contributed by atoms with Gasteiger partial charge >= 0.3 is 13.3 Å². The first-order valence-electron chi connectivity index (χ1n) is 3.51. The first-order valence-corrected chi connectivity index (χ1v) is 3.51. The van der Waals surface area contributed by atoms with Crippen molar-refractivity contribution in [2.24, 2.45) is 4.99 Å². The van der Waals surface area contributed by atoms with E-state index in [-0.39, 0.29) is 0 Å². The van der Waals surface area contributed by atoms with Crippen LogP contribution in [-0.4, -0.2) is 36.1 Å². The largest absolute Gasteiger partial charge is 0.473 e. The summed E-state index contributed by atoms with van der Waals surface area (Å²) in [6, 6.07) is 0. The minimum absolute atomic E-state index is 0.690. The van der Waals surface area contributed by atoms with E-state index in [1.165, 1.54) is 6.21 Å². The van der Waals surface area contributed by atoms with E-state index in [1.807, 2.05) is 0 Å². The van der Waals surface area contributed by atoms with Crippen molar-refractivity contribution < 1.29 is 23.2 Å². The van der Waals surface area contributed by atoms with Crippen molar-refractivity contribution in [1.82, 2.24) is 0 Å². The third-order valence-electron chi connectivity index (χ3n) is 1.93. The second-order valence-electron chi connectivity index (χ2n) is 2.76. The van der Waals surface area contributed by atoms with Crippen LogP contribution < -0.4 is 0 Å². The summed E-state index contributed by atoms with van der Waals surface area (Å²) in [5.74, 6) is 0. The van der Waals surface area contributed by atoms with Crippen LogP contribution in [0.5, 0.6) is 0 Å². The summed E-state index contributed by atoms with van der Waals surface area (Å²) < 4.78 is 37.2. The molecule has 1 heterocycles. The molecule has 72 valence electrons. The Hall–Kier alpha value is -0.815. The lowest BCUT2D eigenvalue weighted by Gasteiger charge is -2.31. The van der Waals surface area contributed by atoms with Crippen molar-refractivity contribution in [2.45, 2.75) is 11.5 Å². The Balaban J connectivity index is 3.03. The van der Waals surface area contributed by atoms with Crippen LogP contribution >= 0.6 is 0 Å². The minimum atomic E-state index is -4.71. The van der Waals surface area contributed by atoms with E-state index < -0.39 is 25.2 Å². The molecule has 1 aliphatic heterocycles. The Morgan fingerprint density at radius 1 is 1.38 bits per heavy atom.